The molecule has 2 aliphatic heterocycles. The molecule has 2 heterocycles. The van der Waals surface area contributed by atoms with Crippen LogP contribution in [0.15, 0.2) is 41.9 Å². The summed E-state index contributed by atoms with van der Waals surface area (Å²) in [5.41, 5.74) is 1.45. The van der Waals surface area contributed by atoms with Crippen LogP contribution in [0.1, 0.15) is 39.7 Å². The maximum atomic E-state index is 12.2. The van der Waals surface area contributed by atoms with Crippen LogP contribution in [0.4, 0.5) is 4.79 Å². The summed E-state index contributed by atoms with van der Waals surface area (Å²) in [4.78, 5) is 13.9. The summed E-state index contributed by atoms with van der Waals surface area (Å²) in [5, 5.41) is 0. The van der Waals surface area contributed by atoms with Gasteiger partial charge in [-0.25, -0.2) is 4.79 Å². The first-order chi connectivity index (χ1) is 11.8. The largest absolute Gasteiger partial charge is 0.487 e. The number of likely N-dealkylation sites (tertiary alicyclic amines) is 1. The zero-order valence-electron chi connectivity index (χ0n) is 15.5. The highest BCUT2D eigenvalue weighted by atomic mass is 16.7. The van der Waals surface area contributed by atoms with E-state index in [1.807, 2.05) is 64.0 Å². The molecule has 2 aliphatic rings. The molecule has 0 N–H and O–H groups in total. The Hall–Kier alpha value is -1.79. The highest BCUT2D eigenvalue weighted by Crippen LogP contribution is 2.37. The van der Waals surface area contributed by atoms with Crippen molar-refractivity contribution in [2.75, 3.05) is 13.1 Å². The number of benzene rings is 1. The molecule has 0 aromatic heterocycles. The number of hydrogen-bond donors (Lipinski definition) is 0. The van der Waals surface area contributed by atoms with E-state index in [4.69, 9.17) is 14.0 Å². The fourth-order valence-electron chi connectivity index (χ4n) is 2.93. The molecule has 134 valence electrons. The lowest BCUT2D eigenvalue weighted by molar-refractivity contribution is 0.00578. The summed E-state index contributed by atoms with van der Waals surface area (Å²) in [7, 11) is -0.361. The van der Waals surface area contributed by atoms with Gasteiger partial charge in [0, 0.05) is 13.1 Å². The molecule has 0 spiro atoms. The fourth-order valence-corrected chi connectivity index (χ4v) is 2.93. The molecule has 25 heavy (non-hydrogen) atoms. The van der Waals surface area contributed by atoms with E-state index in [0.29, 0.717) is 19.7 Å². The smallest absolute Gasteiger partial charge is 0.445 e. The Balaban J connectivity index is 1.52. The number of amides is 1. The summed E-state index contributed by atoms with van der Waals surface area (Å²) >= 11 is 0. The Morgan fingerprint density at radius 3 is 2.48 bits per heavy atom. The second kappa shape index (κ2) is 6.85. The number of carbonyl (C=O) groups excluding carboxylic acids is 1. The molecule has 0 atom stereocenters. The number of nitrogens with zero attached hydrogens (tertiary/aromatic N) is 1. The third-order valence-corrected chi connectivity index (χ3v) is 5.20. The van der Waals surface area contributed by atoms with Crippen LogP contribution in [-0.4, -0.2) is 42.4 Å². The first kappa shape index (κ1) is 18.0. The van der Waals surface area contributed by atoms with Gasteiger partial charge in [-0.3, -0.25) is 0 Å². The molecule has 3 rings (SSSR count). The molecule has 2 fully saturated rings. The Bertz CT molecular complexity index is 641. The number of hydrogen-bond acceptors (Lipinski definition) is 4. The van der Waals surface area contributed by atoms with Crippen LogP contribution in [0.25, 0.3) is 0 Å². The van der Waals surface area contributed by atoms with E-state index in [0.717, 1.165) is 17.6 Å². The molecule has 1 aromatic carbocycles. The van der Waals surface area contributed by atoms with Crippen molar-refractivity contribution in [3.8, 4) is 0 Å². The van der Waals surface area contributed by atoms with E-state index in [1.54, 1.807) is 4.90 Å². The predicted molar refractivity (Wildman–Crippen MR) is 97.0 cm³/mol. The van der Waals surface area contributed by atoms with E-state index in [9.17, 15) is 4.79 Å². The van der Waals surface area contributed by atoms with Crippen molar-refractivity contribution in [2.45, 2.75) is 51.9 Å². The normalized spacial score (nSPS) is 23.3. The molecular formula is C19H26BNO4. The zero-order chi connectivity index (χ0) is 18.1. The van der Waals surface area contributed by atoms with E-state index in [-0.39, 0.29) is 24.4 Å². The Morgan fingerprint density at radius 2 is 1.84 bits per heavy atom. The monoisotopic (exact) mass is 343 g/mol. The highest BCUT2D eigenvalue weighted by molar-refractivity contribution is 6.51. The van der Waals surface area contributed by atoms with Gasteiger partial charge in [0.2, 0.25) is 0 Å². The minimum Gasteiger partial charge on any atom is -0.445 e. The SMILES string of the molecule is CC1(C)OB(/C=C2/CCN(C(=O)OCc3ccccc3)C2)OC1(C)C. The lowest BCUT2D eigenvalue weighted by atomic mass is 9.87. The van der Waals surface area contributed by atoms with Crippen molar-refractivity contribution in [3.05, 3.63) is 47.4 Å². The van der Waals surface area contributed by atoms with Crippen molar-refractivity contribution in [2.24, 2.45) is 0 Å². The number of carbonyl (C=O) groups is 1. The van der Waals surface area contributed by atoms with Gasteiger partial charge in [0.15, 0.2) is 0 Å². The van der Waals surface area contributed by atoms with Crippen LogP contribution in [0.2, 0.25) is 0 Å². The van der Waals surface area contributed by atoms with Gasteiger partial charge < -0.3 is 18.9 Å². The van der Waals surface area contributed by atoms with Crippen LogP contribution >= 0.6 is 0 Å². The molecule has 1 aromatic rings. The molecule has 5 nitrogen and oxygen atoms in total. The van der Waals surface area contributed by atoms with E-state index in [2.05, 4.69) is 0 Å². The van der Waals surface area contributed by atoms with Crippen molar-refractivity contribution >= 4 is 13.2 Å². The average Bonchev–Trinajstić information content (AvgIpc) is 3.08. The fraction of sp³-hybridized carbons (Fsp3) is 0.526. The van der Waals surface area contributed by atoms with Crippen molar-refractivity contribution in [1.29, 1.82) is 0 Å². The number of rotatable bonds is 3. The van der Waals surface area contributed by atoms with Crippen LogP contribution in [-0.2, 0) is 20.7 Å². The van der Waals surface area contributed by atoms with E-state index < -0.39 is 0 Å². The van der Waals surface area contributed by atoms with Gasteiger partial charge in [-0.15, -0.1) is 0 Å². The highest BCUT2D eigenvalue weighted by Gasteiger charge is 2.50. The second-order valence-electron chi connectivity index (χ2n) is 7.66. The van der Waals surface area contributed by atoms with Crippen LogP contribution in [0, 0.1) is 0 Å². The molecule has 1 amide bonds. The Morgan fingerprint density at radius 1 is 1.20 bits per heavy atom. The Kier molecular flexibility index (Phi) is 4.93. The van der Waals surface area contributed by atoms with Crippen molar-refractivity contribution < 1.29 is 18.8 Å². The third-order valence-electron chi connectivity index (χ3n) is 5.20. The Labute approximate surface area is 150 Å². The minimum absolute atomic E-state index is 0.277. The predicted octanol–water partition coefficient (Wildman–Crippen LogP) is 3.59. The third kappa shape index (κ3) is 4.07. The molecule has 0 bridgehead atoms. The maximum absolute atomic E-state index is 12.2. The minimum atomic E-state index is -0.361. The number of ether oxygens (including phenoxy) is 1. The van der Waals surface area contributed by atoms with Gasteiger partial charge in [0.05, 0.1) is 11.2 Å². The molecular weight excluding hydrogens is 317 g/mol. The van der Waals surface area contributed by atoms with Gasteiger partial charge in [-0.1, -0.05) is 41.9 Å². The lowest BCUT2D eigenvalue weighted by Gasteiger charge is -2.32. The van der Waals surface area contributed by atoms with Gasteiger partial charge in [-0.2, -0.15) is 0 Å². The van der Waals surface area contributed by atoms with Crippen LogP contribution in [0.3, 0.4) is 0 Å². The molecule has 0 unspecified atom stereocenters. The van der Waals surface area contributed by atoms with Crippen LogP contribution in [0.5, 0.6) is 0 Å². The lowest BCUT2D eigenvalue weighted by Crippen LogP contribution is -2.41. The first-order valence-corrected chi connectivity index (χ1v) is 8.78. The summed E-state index contributed by atoms with van der Waals surface area (Å²) in [6.45, 7) is 9.67. The van der Waals surface area contributed by atoms with E-state index in [1.165, 1.54) is 0 Å². The second-order valence-corrected chi connectivity index (χ2v) is 7.66. The molecule has 6 heteroatoms. The summed E-state index contributed by atoms with van der Waals surface area (Å²) in [6, 6.07) is 9.70. The average molecular weight is 343 g/mol. The molecule has 2 saturated heterocycles. The molecule has 0 radical (unpaired) electrons. The van der Waals surface area contributed by atoms with Gasteiger partial charge in [0.25, 0.3) is 0 Å². The first-order valence-electron chi connectivity index (χ1n) is 8.78. The van der Waals surface area contributed by atoms with Gasteiger partial charge in [-0.05, 0) is 39.7 Å². The molecule has 0 saturated carbocycles. The summed E-state index contributed by atoms with van der Waals surface area (Å²) in [6.07, 6.45) is 0.547. The van der Waals surface area contributed by atoms with Crippen molar-refractivity contribution in [1.82, 2.24) is 4.90 Å². The van der Waals surface area contributed by atoms with Crippen LogP contribution < -0.4 is 0 Å². The maximum Gasteiger partial charge on any atom is 0.487 e. The summed E-state index contributed by atoms with van der Waals surface area (Å²) < 4.78 is 17.4. The van der Waals surface area contributed by atoms with Gasteiger partial charge >= 0.3 is 13.2 Å². The quantitative estimate of drug-likeness (QED) is 0.787. The molecule has 0 aliphatic carbocycles. The topological polar surface area (TPSA) is 48.0 Å². The zero-order valence-corrected chi connectivity index (χ0v) is 15.5. The summed E-state index contributed by atoms with van der Waals surface area (Å²) in [5.74, 6) is 2.00. The van der Waals surface area contributed by atoms with Gasteiger partial charge in [0.1, 0.15) is 6.61 Å². The van der Waals surface area contributed by atoms with E-state index >= 15 is 0 Å². The standard InChI is InChI=1S/C19H26BNO4/c1-18(2)19(3,4)25-20(24-18)12-16-10-11-21(13-16)17(22)23-14-15-8-6-5-7-9-15/h5-9,12H,10-11,13-14H2,1-4H3/b16-12-. The van der Waals surface area contributed by atoms with Crippen molar-refractivity contribution in [3.63, 3.8) is 0 Å².